The van der Waals surface area contributed by atoms with Gasteiger partial charge in [0.1, 0.15) is 11.5 Å². The highest BCUT2D eigenvalue weighted by Crippen LogP contribution is 2.26. The minimum Gasteiger partial charge on any atom is -0.497 e. The molecule has 1 unspecified atom stereocenters. The maximum atomic E-state index is 13.1. The summed E-state index contributed by atoms with van der Waals surface area (Å²) in [5.41, 5.74) is 2.30. The minimum absolute atomic E-state index is 0.0238. The van der Waals surface area contributed by atoms with Crippen LogP contribution in [0.2, 0.25) is 0 Å². The summed E-state index contributed by atoms with van der Waals surface area (Å²) in [5.74, 6) is 1.49. The molecule has 2 aliphatic heterocycles. The van der Waals surface area contributed by atoms with Crippen molar-refractivity contribution in [2.75, 3.05) is 53.6 Å². The minimum atomic E-state index is 0.0238. The molecule has 34 heavy (non-hydrogen) atoms. The van der Waals surface area contributed by atoms with E-state index in [1.54, 1.807) is 26.6 Å². The SMILES string of the molecule is COc1ccc(Cn2ncc3cc(C(=O)N4CCN(CC5CCCO5)CC4)cnc32)c(OC)c1. The number of ether oxygens (including phenoxy) is 3. The van der Waals surface area contributed by atoms with Gasteiger partial charge in [-0.25, -0.2) is 9.67 Å². The molecular formula is C25H31N5O4. The van der Waals surface area contributed by atoms with Crippen molar-refractivity contribution < 1.29 is 19.0 Å². The van der Waals surface area contributed by atoms with E-state index in [2.05, 4.69) is 15.0 Å². The molecule has 1 amide bonds. The lowest BCUT2D eigenvalue weighted by Crippen LogP contribution is -2.50. The average molecular weight is 466 g/mol. The van der Waals surface area contributed by atoms with E-state index in [9.17, 15) is 4.79 Å². The third-order valence-corrected chi connectivity index (χ3v) is 6.68. The molecule has 1 atom stereocenters. The number of hydrogen-bond acceptors (Lipinski definition) is 7. The molecule has 2 fully saturated rings. The molecule has 0 N–H and O–H groups in total. The van der Waals surface area contributed by atoms with Crippen LogP contribution >= 0.6 is 0 Å². The monoisotopic (exact) mass is 465 g/mol. The average Bonchev–Trinajstić information content (AvgIpc) is 3.54. The van der Waals surface area contributed by atoms with Crippen molar-refractivity contribution in [3.8, 4) is 11.5 Å². The van der Waals surface area contributed by atoms with Crippen molar-refractivity contribution in [1.29, 1.82) is 0 Å². The number of hydrogen-bond donors (Lipinski definition) is 0. The van der Waals surface area contributed by atoms with Gasteiger partial charge >= 0.3 is 0 Å². The Labute approximate surface area is 199 Å². The molecule has 0 radical (unpaired) electrons. The molecule has 4 heterocycles. The fourth-order valence-electron chi connectivity index (χ4n) is 4.74. The Bertz CT molecular complexity index is 1150. The van der Waals surface area contributed by atoms with Crippen LogP contribution in [-0.2, 0) is 11.3 Å². The van der Waals surface area contributed by atoms with Gasteiger partial charge in [-0.15, -0.1) is 0 Å². The Morgan fingerprint density at radius 2 is 1.97 bits per heavy atom. The number of carbonyl (C=O) groups excluding carboxylic acids is 1. The highest BCUT2D eigenvalue weighted by Gasteiger charge is 2.26. The summed E-state index contributed by atoms with van der Waals surface area (Å²) < 4.78 is 18.4. The first kappa shape index (κ1) is 22.6. The van der Waals surface area contributed by atoms with E-state index in [1.807, 2.05) is 33.8 Å². The van der Waals surface area contributed by atoms with Gasteiger partial charge in [0.25, 0.3) is 5.91 Å². The number of fused-ring (bicyclic) bond motifs is 1. The number of benzene rings is 1. The molecule has 0 spiro atoms. The predicted molar refractivity (Wildman–Crippen MR) is 127 cm³/mol. The summed E-state index contributed by atoms with van der Waals surface area (Å²) in [6, 6.07) is 7.60. The molecule has 2 saturated heterocycles. The zero-order valence-corrected chi connectivity index (χ0v) is 19.8. The molecule has 9 nitrogen and oxygen atoms in total. The number of piperazine rings is 1. The highest BCUT2D eigenvalue weighted by molar-refractivity contribution is 5.96. The van der Waals surface area contributed by atoms with Crippen LogP contribution in [-0.4, -0.2) is 90.1 Å². The quantitative estimate of drug-likeness (QED) is 0.530. The van der Waals surface area contributed by atoms with Crippen molar-refractivity contribution in [3.63, 3.8) is 0 Å². The number of amides is 1. The van der Waals surface area contributed by atoms with Gasteiger partial charge in [0.2, 0.25) is 0 Å². The maximum absolute atomic E-state index is 13.1. The maximum Gasteiger partial charge on any atom is 0.255 e. The van der Waals surface area contributed by atoms with Crippen LogP contribution in [0.25, 0.3) is 11.0 Å². The Morgan fingerprint density at radius 3 is 2.71 bits per heavy atom. The lowest BCUT2D eigenvalue weighted by atomic mass is 10.1. The lowest BCUT2D eigenvalue weighted by molar-refractivity contribution is 0.0432. The number of pyridine rings is 1. The Hall–Kier alpha value is -3.17. The van der Waals surface area contributed by atoms with Crippen LogP contribution in [0.5, 0.6) is 11.5 Å². The molecule has 5 rings (SSSR count). The van der Waals surface area contributed by atoms with Crippen LogP contribution < -0.4 is 9.47 Å². The fourth-order valence-corrected chi connectivity index (χ4v) is 4.74. The predicted octanol–water partition coefficient (Wildman–Crippen LogP) is 2.43. The number of methoxy groups -OCH3 is 2. The van der Waals surface area contributed by atoms with Crippen molar-refractivity contribution in [2.45, 2.75) is 25.5 Å². The van der Waals surface area contributed by atoms with Crippen LogP contribution in [0.15, 0.2) is 36.7 Å². The van der Waals surface area contributed by atoms with Crippen LogP contribution in [0.3, 0.4) is 0 Å². The Kier molecular flexibility index (Phi) is 6.64. The second-order valence-corrected chi connectivity index (χ2v) is 8.84. The lowest BCUT2D eigenvalue weighted by Gasteiger charge is -2.35. The van der Waals surface area contributed by atoms with Gasteiger partial charge in [0, 0.05) is 62.5 Å². The molecule has 180 valence electrons. The smallest absolute Gasteiger partial charge is 0.255 e. The Morgan fingerprint density at radius 1 is 1.12 bits per heavy atom. The molecular weight excluding hydrogens is 434 g/mol. The third kappa shape index (κ3) is 4.71. The summed E-state index contributed by atoms with van der Waals surface area (Å²) in [5, 5.41) is 5.35. The van der Waals surface area contributed by atoms with E-state index in [0.29, 0.717) is 18.2 Å². The zero-order chi connectivity index (χ0) is 23.5. The molecule has 2 aromatic heterocycles. The van der Waals surface area contributed by atoms with Gasteiger partial charge in [-0.3, -0.25) is 9.69 Å². The van der Waals surface area contributed by atoms with E-state index >= 15 is 0 Å². The zero-order valence-electron chi connectivity index (χ0n) is 19.8. The van der Waals surface area contributed by atoms with Gasteiger partial charge < -0.3 is 19.1 Å². The van der Waals surface area contributed by atoms with E-state index in [-0.39, 0.29) is 5.91 Å². The van der Waals surface area contributed by atoms with Gasteiger partial charge in [-0.2, -0.15) is 5.10 Å². The number of rotatable bonds is 7. The molecule has 9 heteroatoms. The summed E-state index contributed by atoms with van der Waals surface area (Å²) >= 11 is 0. The van der Waals surface area contributed by atoms with Crippen LogP contribution in [0, 0.1) is 0 Å². The number of carbonyl (C=O) groups is 1. The normalized spacial score (nSPS) is 19.0. The second kappa shape index (κ2) is 9.99. The van der Waals surface area contributed by atoms with Crippen molar-refractivity contribution in [2.24, 2.45) is 0 Å². The van der Waals surface area contributed by atoms with Gasteiger partial charge in [0.15, 0.2) is 5.65 Å². The summed E-state index contributed by atoms with van der Waals surface area (Å²) in [6.07, 6.45) is 6.07. The first-order chi connectivity index (χ1) is 16.6. The molecule has 3 aromatic rings. The first-order valence-electron chi connectivity index (χ1n) is 11.8. The molecule has 2 aliphatic rings. The fraction of sp³-hybridized carbons (Fsp3) is 0.480. The standard InChI is InChI=1S/C25H31N5O4/c1-32-21-6-5-18(23(13-21)33-2)16-30-24-19(15-27-30)12-20(14-26-24)25(31)29-9-7-28(8-10-29)17-22-4-3-11-34-22/h5-6,12-15,22H,3-4,7-11,16-17H2,1-2H3. The van der Waals surface area contributed by atoms with E-state index in [1.165, 1.54) is 0 Å². The summed E-state index contributed by atoms with van der Waals surface area (Å²) in [7, 11) is 3.27. The summed E-state index contributed by atoms with van der Waals surface area (Å²) in [6.45, 7) is 5.55. The third-order valence-electron chi connectivity index (χ3n) is 6.68. The van der Waals surface area contributed by atoms with Crippen molar-refractivity contribution in [3.05, 3.63) is 47.8 Å². The second-order valence-electron chi connectivity index (χ2n) is 8.84. The van der Waals surface area contributed by atoms with Gasteiger partial charge in [-0.05, 0) is 31.0 Å². The number of aromatic nitrogens is 3. The molecule has 0 aliphatic carbocycles. The van der Waals surface area contributed by atoms with Crippen LogP contribution in [0.4, 0.5) is 0 Å². The first-order valence-corrected chi connectivity index (χ1v) is 11.8. The van der Waals surface area contributed by atoms with Gasteiger partial charge in [0.05, 0.1) is 38.6 Å². The van der Waals surface area contributed by atoms with E-state index < -0.39 is 0 Å². The molecule has 0 bridgehead atoms. The topological polar surface area (TPSA) is 82.0 Å². The summed E-state index contributed by atoms with van der Waals surface area (Å²) in [4.78, 5) is 22.0. The molecule has 0 saturated carbocycles. The van der Waals surface area contributed by atoms with E-state index in [4.69, 9.17) is 14.2 Å². The largest absolute Gasteiger partial charge is 0.497 e. The van der Waals surface area contributed by atoms with Crippen molar-refractivity contribution in [1.82, 2.24) is 24.6 Å². The van der Waals surface area contributed by atoms with Crippen LogP contribution in [0.1, 0.15) is 28.8 Å². The van der Waals surface area contributed by atoms with Crippen molar-refractivity contribution >= 4 is 16.9 Å². The molecule has 1 aromatic carbocycles. The van der Waals surface area contributed by atoms with E-state index in [0.717, 1.165) is 80.3 Å². The highest BCUT2D eigenvalue weighted by atomic mass is 16.5. The number of nitrogens with zero attached hydrogens (tertiary/aromatic N) is 5. The van der Waals surface area contributed by atoms with Gasteiger partial charge in [-0.1, -0.05) is 0 Å². The Balaban J connectivity index is 1.25.